The minimum Gasteiger partial charge on any atom is -0.325 e. The van der Waals surface area contributed by atoms with Gasteiger partial charge in [0.2, 0.25) is 15.9 Å². The van der Waals surface area contributed by atoms with Gasteiger partial charge in [0.1, 0.15) is 5.82 Å². The first kappa shape index (κ1) is 22.0. The topological polar surface area (TPSA) is 66.5 Å². The van der Waals surface area contributed by atoms with Gasteiger partial charge in [-0.05, 0) is 54.4 Å². The van der Waals surface area contributed by atoms with Crippen molar-refractivity contribution in [2.75, 3.05) is 11.9 Å². The monoisotopic (exact) mass is 446 g/mol. The third kappa shape index (κ3) is 5.44. The molecule has 0 fully saturated rings. The van der Waals surface area contributed by atoms with E-state index in [1.54, 1.807) is 42.5 Å². The van der Waals surface area contributed by atoms with E-state index in [0.717, 1.165) is 27.6 Å². The van der Waals surface area contributed by atoms with Crippen molar-refractivity contribution in [2.45, 2.75) is 18.4 Å². The van der Waals surface area contributed by atoms with E-state index in [4.69, 9.17) is 11.6 Å². The predicted octanol–water partition coefficient (Wildman–Crippen LogP) is 4.62. The van der Waals surface area contributed by atoms with Gasteiger partial charge in [-0.15, -0.1) is 0 Å². The zero-order chi connectivity index (χ0) is 21.7. The van der Waals surface area contributed by atoms with Crippen LogP contribution in [0, 0.1) is 12.7 Å². The lowest BCUT2D eigenvalue weighted by Crippen LogP contribution is -2.37. The SMILES string of the molecule is Cc1ccc(Cl)cc1NC(=O)CN(Cc1ccccc1)S(=O)(=O)c1ccc(F)cc1. The van der Waals surface area contributed by atoms with E-state index in [1.807, 2.05) is 13.0 Å². The molecule has 30 heavy (non-hydrogen) atoms. The summed E-state index contributed by atoms with van der Waals surface area (Å²) in [6.45, 7) is 1.38. The van der Waals surface area contributed by atoms with Crippen molar-refractivity contribution < 1.29 is 17.6 Å². The summed E-state index contributed by atoms with van der Waals surface area (Å²) in [5.41, 5.74) is 2.02. The summed E-state index contributed by atoms with van der Waals surface area (Å²) in [6, 6.07) is 18.5. The van der Waals surface area contributed by atoms with Gasteiger partial charge >= 0.3 is 0 Å². The Morgan fingerprint density at radius 1 is 1.03 bits per heavy atom. The molecule has 0 spiro atoms. The third-order valence-corrected chi connectivity index (χ3v) is 6.49. The summed E-state index contributed by atoms with van der Waals surface area (Å²) >= 11 is 5.99. The molecule has 0 saturated heterocycles. The fourth-order valence-electron chi connectivity index (χ4n) is 2.85. The van der Waals surface area contributed by atoms with Gasteiger partial charge < -0.3 is 5.32 Å². The Kier molecular flexibility index (Phi) is 6.87. The highest BCUT2D eigenvalue weighted by molar-refractivity contribution is 7.89. The molecule has 0 bridgehead atoms. The van der Waals surface area contributed by atoms with Crippen molar-refractivity contribution >= 4 is 33.2 Å². The molecule has 0 atom stereocenters. The summed E-state index contributed by atoms with van der Waals surface area (Å²) in [6.07, 6.45) is 0. The summed E-state index contributed by atoms with van der Waals surface area (Å²) in [5.74, 6) is -1.06. The van der Waals surface area contributed by atoms with Crippen LogP contribution >= 0.6 is 11.6 Å². The number of carbonyl (C=O) groups is 1. The third-order valence-electron chi connectivity index (χ3n) is 4.45. The van der Waals surface area contributed by atoms with Gasteiger partial charge in [-0.1, -0.05) is 48.0 Å². The number of halogens is 2. The van der Waals surface area contributed by atoms with Crippen molar-refractivity contribution in [3.63, 3.8) is 0 Å². The number of anilines is 1. The lowest BCUT2D eigenvalue weighted by Gasteiger charge is -2.22. The van der Waals surface area contributed by atoms with Crippen LogP contribution < -0.4 is 5.32 Å². The highest BCUT2D eigenvalue weighted by Crippen LogP contribution is 2.22. The molecule has 3 aromatic rings. The molecule has 0 aliphatic heterocycles. The maximum absolute atomic E-state index is 13.3. The van der Waals surface area contributed by atoms with Gasteiger partial charge in [0.15, 0.2) is 0 Å². The van der Waals surface area contributed by atoms with Gasteiger partial charge in [-0.3, -0.25) is 4.79 Å². The van der Waals surface area contributed by atoms with Crippen molar-refractivity contribution in [3.05, 3.63) is 94.8 Å². The number of nitrogens with one attached hydrogen (secondary N) is 1. The molecule has 5 nitrogen and oxygen atoms in total. The van der Waals surface area contributed by atoms with Gasteiger partial charge in [0.05, 0.1) is 11.4 Å². The highest BCUT2D eigenvalue weighted by atomic mass is 35.5. The molecule has 0 aliphatic rings. The molecule has 0 aliphatic carbocycles. The molecule has 3 aromatic carbocycles. The Hall–Kier alpha value is -2.74. The van der Waals surface area contributed by atoms with Gasteiger partial charge in [0.25, 0.3) is 0 Å². The Labute approximate surface area is 180 Å². The standard InChI is InChI=1S/C22H20ClFN2O3S/c1-16-7-8-18(23)13-21(16)25-22(27)15-26(14-17-5-3-2-4-6-17)30(28,29)20-11-9-19(24)10-12-20/h2-13H,14-15H2,1H3,(H,25,27). The van der Waals surface area contributed by atoms with Crippen LogP contribution in [0.5, 0.6) is 0 Å². The van der Waals surface area contributed by atoms with Crippen LogP contribution in [0.15, 0.2) is 77.7 Å². The second kappa shape index (κ2) is 9.38. The summed E-state index contributed by atoms with van der Waals surface area (Å²) in [5, 5.41) is 3.17. The van der Waals surface area contributed by atoms with Crippen LogP contribution in [0.3, 0.4) is 0 Å². The predicted molar refractivity (Wildman–Crippen MR) is 115 cm³/mol. The lowest BCUT2D eigenvalue weighted by atomic mass is 10.2. The Bertz CT molecular complexity index is 1140. The zero-order valence-corrected chi connectivity index (χ0v) is 17.8. The fourth-order valence-corrected chi connectivity index (χ4v) is 4.40. The van der Waals surface area contributed by atoms with Gasteiger partial charge in [-0.2, -0.15) is 4.31 Å². The molecule has 0 radical (unpaired) electrons. The number of benzene rings is 3. The Morgan fingerprint density at radius 2 is 1.70 bits per heavy atom. The molecule has 0 heterocycles. The fraction of sp³-hybridized carbons (Fsp3) is 0.136. The van der Waals surface area contributed by atoms with Crippen molar-refractivity contribution in [1.82, 2.24) is 4.31 Å². The number of sulfonamides is 1. The number of rotatable bonds is 7. The number of hydrogen-bond donors (Lipinski definition) is 1. The Balaban J connectivity index is 1.88. The Morgan fingerprint density at radius 3 is 2.37 bits per heavy atom. The second-order valence-electron chi connectivity index (χ2n) is 6.72. The maximum Gasteiger partial charge on any atom is 0.243 e. The summed E-state index contributed by atoms with van der Waals surface area (Å²) in [4.78, 5) is 12.6. The van der Waals surface area contributed by atoms with E-state index in [1.165, 1.54) is 12.1 Å². The molecular formula is C22H20ClFN2O3S. The average molecular weight is 447 g/mol. The highest BCUT2D eigenvalue weighted by Gasteiger charge is 2.27. The van der Waals surface area contributed by atoms with Crippen LogP contribution in [-0.2, 0) is 21.4 Å². The van der Waals surface area contributed by atoms with Crippen LogP contribution in [-0.4, -0.2) is 25.2 Å². The first-order chi connectivity index (χ1) is 14.3. The minimum atomic E-state index is -4.04. The molecule has 0 saturated carbocycles. The largest absolute Gasteiger partial charge is 0.325 e. The van der Waals surface area contributed by atoms with Gasteiger partial charge in [-0.25, -0.2) is 12.8 Å². The molecule has 3 rings (SSSR count). The number of carbonyl (C=O) groups excluding carboxylic acids is 1. The van der Waals surface area contributed by atoms with Crippen molar-refractivity contribution in [3.8, 4) is 0 Å². The van der Waals surface area contributed by atoms with E-state index in [-0.39, 0.29) is 11.4 Å². The minimum absolute atomic E-state index is 0.0114. The zero-order valence-electron chi connectivity index (χ0n) is 16.2. The second-order valence-corrected chi connectivity index (χ2v) is 9.09. The summed E-state index contributed by atoms with van der Waals surface area (Å²) in [7, 11) is -4.04. The van der Waals surface area contributed by atoms with E-state index in [9.17, 15) is 17.6 Å². The van der Waals surface area contributed by atoms with Crippen LogP contribution in [0.2, 0.25) is 5.02 Å². The quantitative estimate of drug-likeness (QED) is 0.576. The molecule has 8 heteroatoms. The van der Waals surface area contributed by atoms with Crippen molar-refractivity contribution in [1.29, 1.82) is 0 Å². The van der Waals surface area contributed by atoms with Gasteiger partial charge in [0, 0.05) is 17.3 Å². The first-order valence-electron chi connectivity index (χ1n) is 9.11. The number of nitrogens with zero attached hydrogens (tertiary/aromatic N) is 1. The lowest BCUT2D eigenvalue weighted by molar-refractivity contribution is -0.116. The van der Waals surface area contributed by atoms with E-state index in [0.29, 0.717) is 10.7 Å². The molecule has 0 aromatic heterocycles. The van der Waals surface area contributed by atoms with E-state index in [2.05, 4.69) is 5.32 Å². The van der Waals surface area contributed by atoms with Crippen LogP contribution in [0.1, 0.15) is 11.1 Å². The molecule has 1 N–H and O–H groups in total. The molecule has 1 amide bonds. The first-order valence-corrected chi connectivity index (χ1v) is 10.9. The van der Waals surface area contributed by atoms with E-state index < -0.39 is 28.3 Å². The normalized spacial score (nSPS) is 11.5. The maximum atomic E-state index is 13.3. The average Bonchev–Trinajstić information content (AvgIpc) is 2.71. The van der Waals surface area contributed by atoms with Crippen molar-refractivity contribution in [2.24, 2.45) is 0 Å². The van der Waals surface area contributed by atoms with Crippen LogP contribution in [0.4, 0.5) is 10.1 Å². The molecular weight excluding hydrogens is 427 g/mol. The number of amides is 1. The van der Waals surface area contributed by atoms with E-state index >= 15 is 0 Å². The van der Waals surface area contributed by atoms with Crippen LogP contribution in [0.25, 0.3) is 0 Å². The summed E-state index contributed by atoms with van der Waals surface area (Å²) < 4.78 is 40.6. The number of aryl methyl sites for hydroxylation is 1. The molecule has 0 unspecified atom stereocenters. The smallest absolute Gasteiger partial charge is 0.243 e. The molecule has 156 valence electrons. The number of hydrogen-bond acceptors (Lipinski definition) is 3.